The Morgan fingerprint density at radius 1 is 1.33 bits per heavy atom. The topological polar surface area (TPSA) is 15.3 Å². The van der Waals surface area contributed by atoms with E-state index in [-0.39, 0.29) is 0 Å². The Hall–Kier alpha value is -0.0800. The summed E-state index contributed by atoms with van der Waals surface area (Å²) in [6, 6.07) is 0.822. The largest absolute Gasteiger partial charge is 0.316 e. The maximum absolute atomic E-state index is 3.45. The average molecular weight is 168 g/mol. The van der Waals surface area contributed by atoms with Gasteiger partial charge in [-0.3, -0.25) is 0 Å². The van der Waals surface area contributed by atoms with Gasteiger partial charge in [-0.05, 0) is 58.3 Å². The van der Waals surface area contributed by atoms with E-state index in [1.54, 1.807) is 0 Å². The minimum Gasteiger partial charge on any atom is -0.316 e. The zero-order valence-corrected chi connectivity index (χ0v) is 8.05. The van der Waals surface area contributed by atoms with Gasteiger partial charge < -0.3 is 10.2 Å². The van der Waals surface area contributed by atoms with Crippen molar-refractivity contribution in [3.05, 3.63) is 0 Å². The summed E-state index contributed by atoms with van der Waals surface area (Å²) >= 11 is 0. The molecule has 2 heterocycles. The van der Waals surface area contributed by atoms with Crippen molar-refractivity contribution in [3.8, 4) is 0 Å². The van der Waals surface area contributed by atoms with E-state index in [1.165, 1.54) is 45.4 Å². The summed E-state index contributed by atoms with van der Waals surface area (Å²) in [4.78, 5) is 2.66. The summed E-state index contributed by atoms with van der Waals surface area (Å²) in [5.74, 6) is 0.920. The fraction of sp³-hybridized carbons (Fsp3) is 1.00. The molecular formula is C10H20N2. The summed E-state index contributed by atoms with van der Waals surface area (Å²) in [6.07, 6.45) is 4.23. The first-order valence-corrected chi connectivity index (χ1v) is 5.32. The molecule has 0 radical (unpaired) electrons. The molecule has 2 heteroatoms. The fourth-order valence-corrected chi connectivity index (χ4v) is 2.54. The highest BCUT2D eigenvalue weighted by molar-refractivity contribution is 4.83. The van der Waals surface area contributed by atoms with E-state index in [0.717, 1.165) is 12.0 Å². The van der Waals surface area contributed by atoms with Gasteiger partial charge in [0.15, 0.2) is 0 Å². The van der Waals surface area contributed by atoms with Gasteiger partial charge in [0.2, 0.25) is 0 Å². The van der Waals surface area contributed by atoms with E-state index in [4.69, 9.17) is 0 Å². The third kappa shape index (κ3) is 1.64. The van der Waals surface area contributed by atoms with Crippen LogP contribution in [0.25, 0.3) is 0 Å². The third-order valence-corrected chi connectivity index (χ3v) is 3.50. The molecule has 70 valence electrons. The predicted octanol–water partition coefficient (Wildman–Crippen LogP) is 1.08. The van der Waals surface area contributed by atoms with Gasteiger partial charge in [-0.2, -0.15) is 0 Å². The Morgan fingerprint density at radius 2 is 2.08 bits per heavy atom. The molecule has 2 rings (SSSR count). The van der Waals surface area contributed by atoms with E-state index in [1.807, 2.05) is 0 Å². The van der Waals surface area contributed by atoms with Crippen LogP contribution in [0.2, 0.25) is 0 Å². The van der Waals surface area contributed by atoms with Gasteiger partial charge in [-0.1, -0.05) is 0 Å². The zero-order chi connectivity index (χ0) is 8.39. The molecule has 0 saturated carbocycles. The molecule has 2 saturated heterocycles. The summed E-state index contributed by atoms with van der Waals surface area (Å²) < 4.78 is 0. The molecule has 0 amide bonds. The van der Waals surface area contributed by atoms with Gasteiger partial charge in [0, 0.05) is 6.04 Å². The predicted molar refractivity (Wildman–Crippen MR) is 51.2 cm³/mol. The van der Waals surface area contributed by atoms with Crippen LogP contribution in [0.1, 0.15) is 26.2 Å². The van der Waals surface area contributed by atoms with Crippen LogP contribution in [-0.4, -0.2) is 37.1 Å². The molecule has 2 fully saturated rings. The molecule has 2 atom stereocenters. The van der Waals surface area contributed by atoms with Gasteiger partial charge in [0.1, 0.15) is 0 Å². The number of likely N-dealkylation sites (tertiary alicyclic amines) is 1. The quantitative estimate of drug-likeness (QED) is 0.664. The molecule has 0 aromatic rings. The van der Waals surface area contributed by atoms with E-state index in [0.29, 0.717) is 0 Å². The van der Waals surface area contributed by atoms with Crippen molar-refractivity contribution in [1.82, 2.24) is 10.2 Å². The highest BCUT2D eigenvalue weighted by Gasteiger charge is 2.27. The Labute approximate surface area is 75.3 Å². The molecule has 0 aliphatic carbocycles. The number of nitrogens with one attached hydrogen (secondary N) is 1. The van der Waals surface area contributed by atoms with E-state index < -0.39 is 0 Å². The minimum absolute atomic E-state index is 0.822. The number of hydrogen-bond donors (Lipinski definition) is 1. The average Bonchev–Trinajstić information content (AvgIpc) is 2.77. The summed E-state index contributed by atoms with van der Waals surface area (Å²) in [7, 11) is 0. The van der Waals surface area contributed by atoms with Crippen molar-refractivity contribution >= 4 is 0 Å². The summed E-state index contributed by atoms with van der Waals surface area (Å²) in [5, 5.41) is 3.45. The van der Waals surface area contributed by atoms with Crippen molar-refractivity contribution < 1.29 is 0 Å². The molecular weight excluding hydrogens is 148 g/mol. The highest BCUT2D eigenvalue weighted by atomic mass is 15.2. The number of hydrogen-bond acceptors (Lipinski definition) is 2. The zero-order valence-electron chi connectivity index (χ0n) is 8.05. The summed E-state index contributed by atoms with van der Waals surface area (Å²) in [5.41, 5.74) is 0. The van der Waals surface area contributed by atoms with Gasteiger partial charge in [0.05, 0.1) is 0 Å². The van der Waals surface area contributed by atoms with Crippen molar-refractivity contribution in [1.29, 1.82) is 0 Å². The minimum atomic E-state index is 0.822. The SMILES string of the molecule is C[C@H]([C@H]1CCNC1)N1CCCC1. The van der Waals surface area contributed by atoms with Crippen LogP contribution in [-0.2, 0) is 0 Å². The van der Waals surface area contributed by atoms with Crippen LogP contribution in [0.4, 0.5) is 0 Å². The van der Waals surface area contributed by atoms with Gasteiger partial charge >= 0.3 is 0 Å². The standard InChI is InChI=1S/C10H20N2/c1-9(10-4-5-11-8-10)12-6-2-3-7-12/h9-11H,2-8H2,1H3/t9-,10+/m1/s1. The van der Waals surface area contributed by atoms with Crippen LogP contribution in [0, 0.1) is 5.92 Å². The normalized spacial score (nSPS) is 34.2. The highest BCUT2D eigenvalue weighted by Crippen LogP contribution is 2.21. The lowest BCUT2D eigenvalue weighted by atomic mass is 9.99. The van der Waals surface area contributed by atoms with Crippen LogP contribution in [0.3, 0.4) is 0 Å². The van der Waals surface area contributed by atoms with E-state index in [2.05, 4.69) is 17.1 Å². The Bertz CT molecular complexity index is 119. The van der Waals surface area contributed by atoms with E-state index in [9.17, 15) is 0 Å². The number of nitrogens with zero attached hydrogens (tertiary/aromatic N) is 1. The Kier molecular flexibility index (Phi) is 2.66. The van der Waals surface area contributed by atoms with Gasteiger partial charge in [-0.15, -0.1) is 0 Å². The molecule has 12 heavy (non-hydrogen) atoms. The van der Waals surface area contributed by atoms with Gasteiger partial charge in [-0.25, -0.2) is 0 Å². The van der Waals surface area contributed by atoms with E-state index >= 15 is 0 Å². The molecule has 0 bridgehead atoms. The van der Waals surface area contributed by atoms with Crippen LogP contribution in [0.15, 0.2) is 0 Å². The fourth-order valence-electron chi connectivity index (χ4n) is 2.54. The maximum Gasteiger partial charge on any atom is 0.0108 e. The molecule has 2 aliphatic rings. The smallest absolute Gasteiger partial charge is 0.0108 e. The second-order valence-corrected chi connectivity index (χ2v) is 4.24. The second-order valence-electron chi connectivity index (χ2n) is 4.24. The van der Waals surface area contributed by atoms with Crippen molar-refractivity contribution in [2.24, 2.45) is 5.92 Å². The molecule has 0 aromatic heterocycles. The summed E-state index contributed by atoms with van der Waals surface area (Å²) in [6.45, 7) is 7.58. The first-order valence-electron chi connectivity index (χ1n) is 5.32. The molecule has 2 aliphatic heterocycles. The van der Waals surface area contributed by atoms with Crippen molar-refractivity contribution in [2.75, 3.05) is 26.2 Å². The van der Waals surface area contributed by atoms with Crippen LogP contribution < -0.4 is 5.32 Å². The third-order valence-electron chi connectivity index (χ3n) is 3.50. The lowest BCUT2D eigenvalue weighted by Gasteiger charge is -2.28. The first kappa shape index (κ1) is 8.52. The molecule has 0 unspecified atom stereocenters. The monoisotopic (exact) mass is 168 g/mol. The van der Waals surface area contributed by atoms with Crippen LogP contribution in [0.5, 0.6) is 0 Å². The second kappa shape index (κ2) is 3.75. The molecule has 0 aromatic carbocycles. The van der Waals surface area contributed by atoms with Gasteiger partial charge in [0.25, 0.3) is 0 Å². The molecule has 0 spiro atoms. The maximum atomic E-state index is 3.45. The van der Waals surface area contributed by atoms with Crippen molar-refractivity contribution in [3.63, 3.8) is 0 Å². The van der Waals surface area contributed by atoms with Crippen LogP contribution >= 0.6 is 0 Å². The lowest BCUT2D eigenvalue weighted by molar-refractivity contribution is 0.198. The molecule has 2 nitrogen and oxygen atoms in total. The Morgan fingerprint density at radius 3 is 2.67 bits per heavy atom. The van der Waals surface area contributed by atoms with Crippen molar-refractivity contribution in [2.45, 2.75) is 32.2 Å². The number of rotatable bonds is 2. The Balaban J connectivity index is 1.84. The first-order chi connectivity index (χ1) is 5.88. The molecule has 1 N–H and O–H groups in total. The lowest BCUT2D eigenvalue weighted by Crippen LogP contribution is -2.37.